The third-order valence-electron chi connectivity index (χ3n) is 4.42. The lowest BCUT2D eigenvalue weighted by Crippen LogP contribution is -2.21. The fourth-order valence-electron chi connectivity index (χ4n) is 3.00. The van der Waals surface area contributed by atoms with Crippen molar-refractivity contribution in [2.45, 2.75) is 13.8 Å². The highest BCUT2D eigenvalue weighted by Crippen LogP contribution is 2.29. The predicted molar refractivity (Wildman–Crippen MR) is 103 cm³/mol. The van der Waals surface area contributed by atoms with Gasteiger partial charge >= 0.3 is 0 Å². The predicted octanol–water partition coefficient (Wildman–Crippen LogP) is 3.06. The largest absolute Gasteiger partial charge is 0.858 e. The van der Waals surface area contributed by atoms with Gasteiger partial charge in [-0.15, -0.1) is 0 Å². The Hall–Kier alpha value is -3.67. The van der Waals surface area contributed by atoms with Gasteiger partial charge in [-0.1, -0.05) is 36.4 Å². The molecule has 0 atom stereocenters. The molecule has 0 saturated heterocycles. The lowest BCUT2D eigenvalue weighted by atomic mass is 10.1. The smallest absolute Gasteiger partial charge is 0.280 e. The molecule has 27 heavy (non-hydrogen) atoms. The van der Waals surface area contributed by atoms with Crippen LogP contribution in [-0.2, 0) is 4.79 Å². The first kappa shape index (κ1) is 16.8. The third kappa shape index (κ3) is 2.91. The van der Waals surface area contributed by atoms with Crippen LogP contribution in [0.15, 0.2) is 71.3 Å². The van der Waals surface area contributed by atoms with Crippen molar-refractivity contribution in [1.82, 2.24) is 9.78 Å². The van der Waals surface area contributed by atoms with E-state index in [4.69, 9.17) is 0 Å². The van der Waals surface area contributed by atoms with Crippen LogP contribution in [0.2, 0.25) is 0 Å². The van der Waals surface area contributed by atoms with Gasteiger partial charge in [0, 0.05) is 5.56 Å². The van der Waals surface area contributed by atoms with Crippen molar-refractivity contribution < 1.29 is 9.90 Å². The summed E-state index contributed by atoms with van der Waals surface area (Å²) in [5.74, 6) is -0.519. The summed E-state index contributed by atoms with van der Waals surface area (Å²) in [4.78, 5) is 12.8. The number of hydrazone groups is 1. The highest BCUT2D eigenvalue weighted by molar-refractivity contribution is 6.32. The van der Waals surface area contributed by atoms with E-state index in [0.717, 1.165) is 0 Å². The Morgan fingerprint density at radius 3 is 2.15 bits per heavy atom. The number of amides is 1. The summed E-state index contributed by atoms with van der Waals surface area (Å²) in [5.41, 5.74) is 3.29. The lowest BCUT2D eigenvalue weighted by molar-refractivity contribution is -0.278. The number of rotatable bonds is 3. The zero-order valence-corrected chi connectivity index (χ0v) is 15.0. The van der Waals surface area contributed by atoms with Gasteiger partial charge in [-0.3, -0.25) is 4.79 Å². The van der Waals surface area contributed by atoms with Crippen LogP contribution < -0.4 is 10.1 Å². The van der Waals surface area contributed by atoms with Crippen molar-refractivity contribution in [3.63, 3.8) is 0 Å². The van der Waals surface area contributed by atoms with Crippen molar-refractivity contribution in [2.75, 3.05) is 5.01 Å². The summed E-state index contributed by atoms with van der Waals surface area (Å²) in [6, 6.07) is 18.4. The molecular weight excluding hydrogens is 340 g/mol. The van der Waals surface area contributed by atoms with Crippen molar-refractivity contribution in [1.29, 1.82) is 0 Å². The molecule has 1 aromatic heterocycles. The van der Waals surface area contributed by atoms with Crippen LogP contribution in [-0.4, -0.2) is 21.4 Å². The van der Waals surface area contributed by atoms with Gasteiger partial charge in [0.25, 0.3) is 5.91 Å². The number of carbonyl (C=O) groups excluding carboxylic acids is 1. The topological polar surface area (TPSA) is 73.5 Å². The van der Waals surface area contributed by atoms with Crippen LogP contribution >= 0.6 is 0 Å². The monoisotopic (exact) mass is 357 g/mol. The average Bonchev–Trinajstić information content (AvgIpc) is 3.14. The molecule has 0 unspecified atom stereocenters. The molecule has 0 aliphatic carbocycles. The zero-order valence-electron chi connectivity index (χ0n) is 15.0. The third-order valence-corrected chi connectivity index (χ3v) is 4.42. The number of aryl methyl sites for hydroxylation is 1. The van der Waals surface area contributed by atoms with Crippen molar-refractivity contribution >= 4 is 23.4 Å². The van der Waals surface area contributed by atoms with Crippen LogP contribution in [0.3, 0.4) is 0 Å². The Balaban J connectivity index is 1.74. The maximum atomic E-state index is 12.8. The maximum absolute atomic E-state index is 12.8. The summed E-state index contributed by atoms with van der Waals surface area (Å²) in [6.45, 7) is 3.52. The van der Waals surface area contributed by atoms with Gasteiger partial charge in [-0.25, -0.2) is 4.68 Å². The first-order valence-corrected chi connectivity index (χ1v) is 8.55. The molecule has 0 fully saturated rings. The normalized spacial score (nSPS) is 15.5. The molecule has 0 spiro atoms. The quantitative estimate of drug-likeness (QED) is 0.676. The Kier molecular flexibility index (Phi) is 4.08. The van der Waals surface area contributed by atoms with Gasteiger partial charge in [-0.05, 0) is 50.1 Å². The van der Waals surface area contributed by atoms with E-state index < -0.39 is 0 Å². The van der Waals surface area contributed by atoms with Crippen molar-refractivity contribution in [3.8, 4) is 11.6 Å². The molecule has 0 saturated carbocycles. The zero-order chi connectivity index (χ0) is 19.0. The second-order valence-corrected chi connectivity index (χ2v) is 6.25. The maximum Gasteiger partial charge on any atom is 0.280 e. The average molecular weight is 357 g/mol. The first-order chi connectivity index (χ1) is 13.1. The van der Waals surface area contributed by atoms with E-state index in [1.807, 2.05) is 60.7 Å². The lowest BCUT2D eigenvalue weighted by Gasteiger charge is -2.12. The molecule has 2 heterocycles. The minimum absolute atomic E-state index is 0.259. The van der Waals surface area contributed by atoms with E-state index in [-0.39, 0.29) is 11.8 Å². The number of carbonyl (C=O) groups is 1. The van der Waals surface area contributed by atoms with Crippen LogP contribution in [0.1, 0.15) is 18.2 Å². The van der Waals surface area contributed by atoms with E-state index in [9.17, 15) is 9.90 Å². The van der Waals surface area contributed by atoms with Crippen LogP contribution in [0, 0.1) is 6.92 Å². The van der Waals surface area contributed by atoms with E-state index in [2.05, 4.69) is 10.2 Å². The number of anilines is 1. The Morgan fingerprint density at radius 2 is 1.52 bits per heavy atom. The Bertz CT molecular complexity index is 1070. The van der Waals surface area contributed by atoms with Crippen LogP contribution in [0.5, 0.6) is 5.88 Å². The van der Waals surface area contributed by atoms with E-state index in [1.54, 1.807) is 19.9 Å². The summed E-state index contributed by atoms with van der Waals surface area (Å²) < 4.78 is 1.35. The number of hydrogen-bond donors (Lipinski definition) is 0. The molecular formula is C21H17N4O2-. The molecule has 1 aliphatic heterocycles. The molecule has 0 radical (unpaired) electrons. The highest BCUT2D eigenvalue weighted by atomic mass is 16.3. The second kappa shape index (κ2) is 6.57. The molecule has 4 rings (SSSR count). The fraction of sp³-hybridized carbons (Fsp3) is 0.0952. The van der Waals surface area contributed by atoms with Gasteiger partial charge < -0.3 is 5.11 Å². The summed E-state index contributed by atoms with van der Waals surface area (Å²) in [7, 11) is 0. The standard InChI is InChI=1S/C21H18N4O2/c1-14-18(20(26)24(22-14)16-9-5-3-6-10-16)13-19-15(2)23-25(21(19)27)17-11-7-4-8-12-17/h3-13,26H,1-2H3/p-1. The number of hydrogen-bond acceptors (Lipinski definition) is 4. The molecule has 1 amide bonds. The fourth-order valence-corrected chi connectivity index (χ4v) is 3.00. The summed E-state index contributed by atoms with van der Waals surface area (Å²) in [5, 5.41) is 22.9. The minimum Gasteiger partial charge on any atom is -0.858 e. The Labute approximate surface area is 156 Å². The van der Waals surface area contributed by atoms with E-state index in [0.29, 0.717) is 33.9 Å². The van der Waals surface area contributed by atoms with Gasteiger partial charge in [0.05, 0.1) is 28.4 Å². The number of nitrogens with zero attached hydrogens (tertiary/aromatic N) is 4. The summed E-state index contributed by atoms with van der Waals surface area (Å²) >= 11 is 0. The van der Waals surface area contributed by atoms with Gasteiger partial charge in [-0.2, -0.15) is 15.2 Å². The summed E-state index contributed by atoms with van der Waals surface area (Å²) in [6.07, 6.45) is 1.59. The molecule has 1 aliphatic rings. The van der Waals surface area contributed by atoms with Crippen molar-refractivity contribution in [2.24, 2.45) is 5.10 Å². The van der Waals surface area contributed by atoms with Gasteiger partial charge in [0.15, 0.2) is 0 Å². The number of aromatic nitrogens is 2. The van der Waals surface area contributed by atoms with Gasteiger partial charge in [0.2, 0.25) is 0 Å². The van der Waals surface area contributed by atoms with E-state index in [1.165, 1.54) is 9.69 Å². The van der Waals surface area contributed by atoms with Crippen LogP contribution in [0.25, 0.3) is 11.8 Å². The first-order valence-electron chi connectivity index (χ1n) is 8.55. The SMILES string of the molecule is CC1=NN(c2ccccc2)C(=O)C1=Cc1c(C)nn(-c2ccccc2)c1[O-]. The minimum atomic E-state index is -0.259. The second-order valence-electron chi connectivity index (χ2n) is 6.25. The highest BCUT2D eigenvalue weighted by Gasteiger charge is 2.29. The molecule has 6 heteroatoms. The molecule has 6 nitrogen and oxygen atoms in total. The number of benzene rings is 2. The molecule has 0 N–H and O–H groups in total. The molecule has 134 valence electrons. The van der Waals surface area contributed by atoms with Crippen molar-refractivity contribution in [3.05, 3.63) is 77.5 Å². The van der Waals surface area contributed by atoms with Crippen LogP contribution in [0.4, 0.5) is 5.69 Å². The van der Waals surface area contributed by atoms with Gasteiger partial charge in [0.1, 0.15) is 0 Å². The molecule has 2 aromatic carbocycles. The Morgan fingerprint density at radius 1 is 0.926 bits per heavy atom. The molecule has 0 bridgehead atoms. The number of para-hydroxylation sites is 2. The van der Waals surface area contributed by atoms with E-state index >= 15 is 0 Å². The molecule has 3 aromatic rings.